The van der Waals surface area contributed by atoms with Gasteiger partial charge in [-0.15, -0.1) is 11.3 Å². The van der Waals surface area contributed by atoms with Crippen molar-refractivity contribution >= 4 is 33.2 Å². The molecule has 29 heavy (non-hydrogen) atoms. The average Bonchev–Trinajstić information content (AvgIpc) is 3.04. The lowest BCUT2D eigenvalue weighted by atomic mass is 9.96. The number of thiophene rings is 1. The first-order valence-electron chi connectivity index (χ1n) is 9.53. The zero-order valence-electron chi connectivity index (χ0n) is 16.2. The van der Waals surface area contributed by atoms with Gasteiger partial charge in [-0.3, -0.25) is 4.79 Å². The molecule has 1 amide bonds. The molecule has 2 heterocycles. The highest BCUT2D eigenvalue weighted by Crippen LogP contribution is 2.37. The van der Waals surface area contributed by atoms with Crippen LogP contribution >= 0.6 is 11.3 Å². The lowest BCUT2D eigenvalue weighted by Gasteiger charge is -2.14. The van der Waals surface area contributed by atoms with E-state index in [4.69, 9.17) is 9.15 Å². The van der Waals surface area contributed by atoms with E-state index in [1.807, 2.05) is 6.92 Å². The van der Waals surface area contributed by atoms with Crippen molar-refractivity contribution in [2.24, 2.45) is 0 Å². The number of ether oxygens (including phenoxy) is 1. The van der Waals surface area contributed by atoms with Crippen LogP contribution in [0.1, 0.15) is 41.3 Å². The Morgan fingerprint density at radius 1 is 1.31 bits per heavy atom. The smallest absolute Gasteiger partial charge is 0.336 e. The maximum absolute atomic E-state index is 12.7. The van der Waals surface area contributed by atoms with E-state index in [1.165, 1.54) is 22.3 Å². The molecule has 7 heteroatoms. The predicted octanol–water partition coefficient (Wildman–Crippen LogP) is 4.32. The van der Waals surface area contributed by atoms with Crippen molar-refractivity contribution < 1.29 is 13.9 Å². The van der Waals surface area contributed by atoms with Crippen LogP contribution in [-0.4, -0.2) is 12.0 Å². The summed E-state index contributed by atoms with van der Waals surface area (Å²) < 4.78 is 11.0. The van der Waals surface area contributed by atoms with Crippen LogP contribution in [0.5, 0.6) is 5.75 Å². The molecule has 6 nitrogen and oxygen atoms in total. The minimum absolute atomic E-state index is 0.328. The number of benzene rings is 1. The monoisotopic (exact) mass is 408 g/mol. The Kier molecular flexibility index (Phi) is 5.12. The number of rotatable bonds is 4. The van der Waals surface area contributed by atoms with E-state index in [-0.39, 0.29) is 5.91 Å². The van der Waals surface area contributed by atoms with E-state index >= 15 is 0 Å². The van der Waals surface area contributed by atoms with Gasteiger partial charge in [0.25, 0.3) is 5.91 Å². The van der Waals surface area contributed by atoms with Crippen LogP contribution in [0.2, 0.25) is 0 Å². The first kappa shape index (κ1) is 19.2. The van der Waals surface area contributed by atoms with Gasteiger partial charge >= 0.3 is 5.63 Å². The fourth-order valence-electron chi connectivity index (χ4n) is 3.62. The quantitative estimate of drug-likeness (QED) is 0.649. The minimum Gasteiger partial charge on any atom is -0.481 e. The highest BCUT2D eigenvalue weighted by Gasteiger charge is 2.24. The Labute approximate surface area is 171 Å². The summed E-state index contributed by atoms with van der Waals surface area (Å²) in [6.45, 7) is 3.48. The molecular formula is C22H20N2O4S. The number of hydrogen-bond acceptors (Lipinski definition) is 6. The van der Waals surface area contributed by atoms with Crippen molar-refractivity contribution in [3.05, 3.63) is 56.3 Å². The number of aryl methyl sites for hydroxylation is 2. The molecule has 2 aromatic heterocycles. The van der Waals surface area contributed by atoms with Gasteiger partial charge in [-0.25, -0.2) is 4.79 Å². The molecule has 3 aromatic rings. The molecule has 0 spiro atoms. The molecule has 0 aliphatic heterocycles. The second kappa shape index (κ2) is 7.72. The summed E-state index contributed by atoms with van der Waals surface area (Å²) in [5.41, 5.74) is 2.46. The van der Waals surface area contributed by atoms with E-state index in [1.54, 1.807) is 25.1 Å². The average molecular weight is 408 g/mol. The molecule has 1 unspecified atom stereocenters. The molecule has 1 aliphatic rings. The fraction of sp³-hybridized carbons (Fsp3) is 0.318. The number of nitrogens with one attached hydrogen (secondary N) is 1. The van der Waals surface area contributed by atoms with Crippen molar-refractivity contribution in [1.29, 1.82) is 5.26 Å². The maximum atomic E-state index is 12.7. The van der Waals surface area contributed by atoms with Crippen LogP contribution in [0.15, 0.2) is 33.5 Å². The molecule has 0 fully saturated rings. The molecule has 4 rings (SSSR count). The summed E-state index contributed by atoms with van der Waals surface area (Å²) >= 11 is 1.48. The summed E-state index contributed by atoms with van der Waals surface area (Å²) in [5, 5.41) is 13.8. The standard InChI is InChI=1S/C22H20N2O4S/c1-12-9-20(25)28-18-10-14(7-8-15(12)18)27-13(2)21(26)24-22-17(11-23)16-5-3-4-6-19(16)29-22/h7-10,13H,3-6H2,1-2H3,(H,24,26). The van der Waals surface area contributed by atoms with Crippen LogP contribution < -0.4 is 15.7 Å². The second-order valence-corrected chi connectivity index (χ2v) is 8.29. The number of anilines is 1. The maximum Gasteiger partial charge on any atom is 0.336 e. The summed E-state index contributed by atoms with van der Waals surface area (Å²) in [5.74, 6) is 0.103. The Morgan fingerprint density at radius 2 is 2.10 bits per heavy atom. The topological polar surface area (TPSA) is 92.3 Å². The minimum atomic E-state index is -0.783. The van der Waals surface area contributed by atoms with Crippen LogP contribution in [0.4, 0.5) is 5.00 Å². The number of carbonyl (C=O) groups is 1. The van der Waals surface area contributed by atoms with Gasteiger partial charge in [-0.05, 0) is 62.8 Å². The van der Waals surface area contributed by atoms with Crippen molar-refractivity contribution in [1.82, 2.24) is 0 Å². The number of amides is 1. The Morgan fingerprint density at radius 3 is 2.90 bits per heavy atom. The lowest BCUT2D eigenvalue weighted by Crippen LogP contribution is -2.30. The fourth-order valence-corrected chi connectivity index (χ4v) is 4.86. The van der Waals surface area contributed by atoms with Gasteiger partial charge in [0.15, 0.2) is 6.10 Å². The van der Waals surface area contributed by atoms with Gasteiger partial charge in [0, 0.05) is 22.4 Å². The first-order valence-corrected chi connectivity index (χ1v) is 10.3. The van der Waals surface area contributed by atoms with Gasteiger partial charge in [-0.1, -0.05) is 0 Å². The zero-order chi connectivity index (χ0) is 20.5. The van der Waals surface area contributed by atoms with E-state index in [0.717, 1.165) is 42.2 Å². The third-order valence-electron chi connectivity index (χ3n) is 5.12. The molecule has 1 aliphatic carbocycles. The first-order chi connectivity index (χ1) is 14.0. The summed E-state index contributed by atoms with van der Waals surface area (Å²) in [6.07, 6.45) is 3.25. The molecule has 1 N–H and O–H groups in total. The lowest BCUT2D eigenvalue weighted by molar-refractivity contribution is -0.122. The Bertz CT molecular complexity index is 1200. The van der Waals surface area contributed by atoms with E-state index in [0.29, 0.717) is 21.9 Å². The molecule has 148 valence electrons. The van der Waals surface area contributed by atoms with Gasteiger partial charge in [0.2, 0.25) is 0 Å². The van der Waals surface area contributed by atoms with Crippen LogP contribution in [0.25, 0.3) is 11.0 Å². The van der Waals surface area contributed by atoms with Crippen LogP contribution in [0, 0.1) is 18.3 Å². The Balaban J connectivity index is 1.52. The van der Waals surface area contributed by atoms with Crippen LogP contribution in [-0.2, 0) is 17.6 Å². The van der Waals surface area contributed by atoms with Crippen molar-refractivity contribution in [3.8, 4) is 11.8 Å². The third kappa shape index (κ3) is 3.76. The number of hydrogen-bond donors (Lipinski definition) is 1. The molecule has 0 saturated heterocycles. The number of nitriles is 1. The highest BCUT2D eigenvalue weighted by molar-refractivity contribution is 7.16. The summed E-state index contributed by atoms with van der Waals surface area (Å²) in [6, 6.07) is 8.83. The highest BCUT2D eigenvalue weighted by atomic mass is 32.1. The third-order valence-corrected chi connectivity index (χ3v) is 6.33. The van der Waals surface area contributed by atoms with Gasteiger partial charge in [-0.2, -0.15) is 5.26 Å². The van der Waals surface area contributed by atoms with E-state index in [9.17, 15) is 14.9 Å². The van der Waals surface area contributed by atoms with Gasteiger partial charge in [0.1, 0.15) is 22.4 Å². The number of nitrogens with zero attached hydrogens (tertiary/aromatic N) is 1. The van der Waals surface area contributed by atoms with Crippen molar-refractivity contribution in [3.63, 3.8) is 0 Å². The zero-order valence-corrected chi connectivity index (χ0v) is 17.0. The largest absolute Gasteiger partial charge is 0.481 e. The van der Waals surface area contributed by atoms with Crippen molar-refractivity contribution in [2.75, 3.05) is 5.32 Å². The molecule has 0 bridgehead atoms. The SMILES string of the molecule is Cc1cc(=O)oc2cc(OC(C)C(=O)Nc3sc4c(c3C#N)CCCC4)ccc12. The van der Waals surface area contributed by atoms with Gasteiger partial charge < -0.3 is 14.5 Å². The summed E-state index contributed by atoms with van der Waals surface area (Å²) in [7, 11) is 0. The number of carbonyl (C=O) groups excluding carboxylic acids is 1. The predicted molar refractivity (Wildman–Crippen MR) is 112 cm³/mol. The second-order valence-electron chi connectivity index (χ2n) is 7.18. The van der Waals surface area contributed by atoms with E-state index < -0.39 is 11.7 Å². The normalized spacial score (nSPS) is 14.1. The van der Waals surface area contributed by atoms with Crippen molar-refractivity contribution in [2.45, 2.75) is 45.6 Å². The molecule has 0 saturated carbocycles. The molecular weight excluding hydrogens is 388 g/mol. The summed E-state index contributed by atoms with van der Waals surface area (Å²) in [4.78, 5) is 25.4. The molecule has 1 atom stereocenters. The number of fused-ring (bicyclic) bond motifs is 2. The van der Waals surface area contributed by atoms with E-state index in [2.05, 4.69) is 11.4 Å². The van der Waals surface area contributed by atoms with Gasteiger partial charge in [0.05, 0.1) is 5.56 Å². The molecule has 1 aromatic carbocycles. The Hall–Kier alpha value is -3.11. The molecule has 0 radical (unpaired) electrons. The van der Waals surface area contributed by atoms with Crippen LogP contribution in [0.3, 0.4) is 0 Å².